The van der Waals surface area contributed by atoms with Crippen LogP contribution in [0.1, 0.15) is 5.56 Å². The Morgan fingerprint density at radius 1 is 1.04 bits per heavy atom. The zero-order valence-electron chi connectivity index (χ0n) is 12.9. The maximum Gasteiger partial charge on any atom is 0.324 e. The van der Waals surface area contributed by atoms with E-state index in [0.29, 0.717) is 32.4 Å². The number of carbonyl (C=O) groups is 1. The standard InChI is InChI=1S/C16H12Cl3N5O/c1-8-7-20-14(19)5-12(8)21-16(25)22-15-6-13(23-24-15)9-2-10(17)4-11(18)3-9/h2-7H,1H3,(H3,20,21,22,23,24,25). The highest BCUT2D eigenvalue weighted by Gasteiger charge is 2.10. The molecule has 0 aliphatic heterocycles. The number of hydrogen-bond acceptors (Lipinski definition) is 3. The van der Waals surface area contributed by atoms with Crippen LogP contribution in [-0.4, -0.2) is 21.2 Å². The minimum absolute atomic E-state index is 0.292. The summed E-state index contributed by atoms with van der Waals surface area (Å²) in [7, 11) is 0. The molecule has 9 heteroatoms. The topological polar surface area (TPSA) is 82.7 Å². The lowest BCUT2D eigenvalue weighted by Gasteiger charge is -2.08. The number of aromatic nitrogens is 3. The van der Waals surface area contributed by atoms with Gasteiger partial charge in [-0.05, 0) is 36.8 Å². The van der Waals surface area contributed by atoms with Crippen molar-refractivity contribution in [2.24, 2.45) is 0 Å². The zero-order chi connectivity index (χ0) is 18.0. The third-order valence-corrected chi connectivity index (χ3v) is 3.95. The molecule has 128 valence electrons. The van der Waals surface area contributed by atoms with Crippen molar-refractivity contribution in [3.05, 3.63) is 57.3 Å². The molecule has 0 aliphatic rings. The fourth-order valence-corrected chi connectivity index (χ4v) is 2.83. The fourth-order valence-electron chi connectivity index (χ4n) is 2.15. The van der Waals surface area contributed by atoms with Crippen molar-refractivity contribution in [1.82, 2.24) is 15.2 Å². The summed E-state index contributed by atoms with van der Waals surface area (Å²) in [5.41, 5.74) is 2.78. The number of amides is 2. The van der Waals surface area contributed by atoms with Crippen LogP contribution in [0.5, 0.6) is 0 Å². The molecule has 0 saturated carbocycles. The first kappa shape index (κ1) is 17.5. The van der Waals surface area contributed by atoms with E-state index in [1.54, 1.807) is 36.5 Å². The highest BCUT2D eigenvalue weighted by atomic mass is 35.5. The Morgan fingerprint density at radius 2 is 1.76 bits per heavy atom. The molecule has 0 aliphatic carbocycles. The zero-order valence-corrected chi connectivity index (χ0v) is 15.2. The highest BCUT2D eigenvalue weighted by molar-refractivity contribution is 6.35. The summed E-state index contributed by atoms with van der Waals surface area (Å²) in [5.74, 6) is 0.349. The number of hydrogen-bond donors (Lipinski definition) is 3. The van der Waals surface area contributed by atoms with Crippen LogP contribution >= 0.6 is 34.8 Å². The Hall–Kier alpha value is -2.28. The van der Waals surface area contributed by atoms with Gasteiger partial charge >= 0.3 is 6.03 Å². The summed E-state index contributed by atoms with van der Waals surface area (Å²) in [6, 6.07) is 7.92. The maximum atomic E-state index is 12.1. The van der Waals surface area contributed by atoms with Crippen molar-refractivity contribution in [3.8, 4) is 11.3 Å². The van der Waals surface area contributed by atoms with E-state index in [-0.39, 0.29) is 0 Å². The van der Waals surface area contributed by atoms with Crippen molar-refractivity contribution in [2.45, 2.75) is 6.92 Å². The van der Waals surface area contributed by atoms with Crippen molar-refractivity contribution in [1.29, 1.82) is 0 Å². The van der Waals surface area contributed by atoms with Gasteiger partial charge in [0.15, 0.2) is 5.82 Å². The van der Waals surface area contributed by atoms with Crippen molar-refractivity contribution in [3.63, 3.8) is 0 Å². The van der Waals surface area contributed by atoms with Crippen LogP contribution in [0, 0.1) is 6.92 Å². The van der Waals surface area contributed by atoms with Crippen LogP contribution in [0.25, 0.3) is 11.3 Å². The number of rotatable bonds is 3. The highest BCUT2D eigenvalue weighted by Crippen LogP contribution is 2.27. The summed E-state index contributed by atoms with van der Waals surface area (Å²) in [4.78, 5) is 16.1. The molecule has 0 spiro atoms. The van der Waals surface area contributed by atoms with E-state index in [9.17, 15) is 4.79 Å². The lowest BCUT2D eigenvalue weighted by Crippen LogP contribution is -2.20. The molecule has 2 heterocycles. The summed E-state index contributed by atoms with van der Waals surface area (Å²) in [6.45, 7) is 1.81. The molecular formula is C16H12Cl3N5O. The van der Waals surface area contributed by atoms with Gasteiger partial charge < -0.3 is 5.32 Å². The van der Waals surface area contributed by atoms with Crippen LogP contribution in [0.15, 0.2) is 36.5 Å². The number of carbonyl (C=O) groups excluding carboxylic acids is 1. The van der Waals surface area contributed by atoms with Gasteiger partial charge in [-0.2, -0.15) is 5.10 Å². The van der Waals surface area contributed by atoms with E-state index in [4.69, 9.17) is 34.8 Å². The predicted molar refractivity (Wildman–Crippen MR) is 101 cm³/mol. The van der Waals surface area contributed by atoms with E-state index >= 15 is 0 Å². The molecule has 0 saturated heterocycles. The first-order chi connectivity index (χ1) is 11.9. The van der Waals surface area contributed by atoms with E-state index in [1.165, 1.54) is 0 Å². The van der Waals surface area contributed by atoms with Gasteiger partial charge in [0.25, 0.3) is 0 Å². The number of halogens is 3. The van der Waals surface area contributed by atoms with E-state index in [1.807, 2.05) is 6.92 Å². The second-order valence-corrected chi connectivity index (χ2v) is 6.49. The lowest BCUT2D eigenvalue weighted by atomic mass is 10.1. The first-order valence-corrected chi connectivity index (χ1v) is 8.26. The minimum atomic E-state index is -0.451. The quantitative estimate of drug-likeness (QED) is 0.519. The van der Waals surface area contributed by atoms with Crippen LogP contribution in [-0.2, 0) is 0 Å². The number of aryl methyl sites for hydroxylation is 1. The van der Waals surface area contributed by atoms with E-state index in [0.717, 1.165) is 11.1 Å². The number of nitrogens with one attached hydrogen (secondary N) is 3. The second-order valence-electron chi connectivity index (χ2n) is 5.23. The molecule has 6 nitrogen and oxygen atoms in total. The van der Waals surface area contributed by atoms with Crippen LogP contribution < -0.4 is 10.6 Å². The number of benzene rings is 1. The summed E-state index contributed by atoms with van der Waals surface area (Å²) >= 11 is 17.8. The largest absolute Gasteiger partial charge is 0.324 e. The molecule has 2 aromatic heterocycles. The van der Waals surface area contributed by atoms with Crippen molar-refractivity contribution < 1.29 is 4.79 Å². The SMILES string of the molecule is Cc1cnc(Cl)cc1NC(=O)Nc1cc(-c2cc(Cl)cc(Cl)c2)[nH]n1. The summed E-state index contributed by atoms with van der Waals surface area (Å²) in [5, 5.41) is 13.5. The van der Waals surface area contributed by atoms with Crippen LogP contribution in [0.3, 0.4) is 0 Å². The number of H-pyrrole nitrogens is 1. The Balaban J connectivity index is 1.72. The van der Waals surface area contributed by atoms with Gasteiger partial charge in [-0.25, -0.2) is 9.78 Å². The first-order valence-electron chi connectivity index (χ1n) is 7.13. The van der Waals surface area contributed by atoms with Gasteiger partial charge in [-0.1, -0.05) is 34.8 Å². The Morgan fingerprint density at radius 3 is 2.48 bits per heavy atom. The average molecular weight is 397 g/mol. The number of nitrogens with zero attached hydrogens (tertiary/aromatic N) is 2. The number of anilines is 2. The Labute approximate surface area is 158 Å². The molecule has 0 fully saturated rings. The number of pyridine rings is 1. The van der Waals surface area contributed by atoms with Crippen molar-refractivity contribution >= 4 is 52.3 Å². The molecule has 2 amide bonds. The van der Waals surface area contributed by atoms with E-state index in [2.05, 4.69) is 25.8 Å². The molecule has 3 N–H and O–H groups in total. The average Bonchev–Trinajstić information content (AvgIpc) is 2.98. The lowest BCUT2D eigenvalue weighted by molar-refractivity contribution is 0.262. The maximum absolute atomic E-state index is 12.1. The van der Waals surface area contributed by atoms with Gasteiger partial charge in [-0.3, -0.25) is 10.4 Å². The van der Waals surface area contributed by atoms with E-state index < -0.39 is 6.03 Å². The monoisotopic (exact) mass is 395 g/mol. The predicted octanol–water partition coefficient (Wildman–Crippen LogP) is 5.38. The second kappa shape index (κ2) is 7.31. The molecule has 0 atom stereocenters. The Kier molecular flexibility index (Phi) is 5.13. The van der Waals surface area contributed by atoms with Gasteiger partial charge in [-0.15, -0.1) is 0 Å². The van der Waals surface area contributed by atoms with Gasteiger partial charge in [0, 0.05) is 33.6 Å². The molecule has 0 radical (unpaired) electrons. The summed E-state index contributed by atoms with van der Waals surface area (Å²) < 4.78 is 0. The summed E-state index contributed by atoms with van der Waals surface area (Å²) in [6.07, 6.45) is 1.58. The van der Waals surface area contributed by atoms with Gasteiger partial charge in [0.1, 0.15) is 5.15 Å². The molecule has 3 aromatic rings. The molecule has 0 unspecified atom stereocenters. The number of aromatic amines is 1. The van der Waals surface area contributed by atoms with Crippen molar-refractivity contribution in [2.75, 3.05) is 10.6 Å². The molecular weight excluding hydrogens is 385 g/mol. The number of urea groups is 1. The van der Waals surface area contributed by atoms with Crippen LogP contribution in [0.4, 0.5) is 16.3 Å². The van der Waals surface area contributed by atoms with Gasteiger partial charge in [0.2, 0.25) is 0 Å². The van der Waals surface area contributed by atoms with Gasteiger partial charge in [0.05, 0.1) is 5.69 Å². The normalized spacial score (nSPS) is 10.6. The molecule has 3 rings (SSSR count). The smallest absolute Gasteiger partial charge is 0.307 e. The molecule has 25 heavy (non-hydrogen) atoms. The third-order valence-electron chi connectivity index (χ3n) is 3.31. The van der Waals surface area contributed by atoms with Crippen LogP contribution in [0.2, 0.25) is 15.2 Å². The third kappa shape index (κ3) is 4.42. The fraction of sp³-hybridized carbons (Fsp3) is 0.0625. The molecule has 0 bridgehead atoms. The molecule has 1 aromatic carbocycles. The Bertz CT molecular complexity index is 921. The minimum Gasteiger partial charge on any atom is -0.307 e.